The average molecular weight is 495 g/mol. The zero-order valence-corrected chi connectivity index (χ0v) is 20.2. The van der Waals surface area contributed by atoms with Crippen LogP contribution in [0.2, 0.25) is 0 Å². The van der Waals surface area contributed by atoms with Crippen LogP contribution in [0.15, 0.2) is 48.8 Å². The number of aliphatic carboxylic acids is 1. The van der Waals surface area contributed by atoms with Crippen LogP contribution in [-0.2, 0) is 17.9 Å². The molecule has 0 bridgehead atoms. The lowest BCUT2D eigenvalue weighted by molar-refractivity contribution is -0.139. The Kier molecular flexibility index (Phi) is 8.44. The summed E-state index contributed by atoms with van der Waals surface area (Å²) in [5.74, 6) is -2.84. The first kappa shape index (κ1) is 26.4. The largest absolute Gasteiger partial charge is 0.480 e. The Labute approximate surface area is 207 Å². The van der Waals surface area contributed by atoms with Gasteiger partial charge in [0.1, 0.15) is 17.8 Å². The molecule has 0 unspecified atom stereocenters. The Bertz CT molecular complexity index is 1300. The molecule has 2 aromatic carbocycles. The van der Waals surface area contributed by atoms with Crippen LogP contribution in [-0.4, -0.2) is 49.5 Å². The second kappa shape index (κ2) is 11.5. The van der Waals surface area contributed by atoms with Crippen molar-refractivity contribution >= 4 is 17.8 Å². The number of amides is 1. The van der Waals surface area contributed by atoms with E-state index in [2.05, 4.69) is 15.3 Å². The van der Waals surface area contributed by atoms with Gasteiger partial charge < -0.3 is 15.5 Å². The van der Waals surface area contributed by atoms with Crippen LogP contribution in [0, 0.1) is 19.7 Å². The third-order valence-electron chi connectivity index (χ3n) is 5.85. The van der Waals surface area contributed by atoms with Gasteiger partial charge in [0, 0.05) is 19.1 Å². The first-order valence-electron chi connectivity index (χ1n) is 11.2. The van der Waals surface area contributed by atoms with Crippen LogP contribution in [0.1, 0.15) is 61.8 Å². The fraction of sp³-hybridized carbons (Fsp3) is 0.269. The minimum atomic E-state index is -1.04. The molecule has 188 valence electrons. The number of aryl methyl sites for hydroxylation is 2. The van der Waals surface area contributed by atoms with Crippen LogP contribution in [0.25, 0.3) is 0 Å². The second-order valence-corrected chi connectivity index (χ2v) is 8.52. The van der Waals surface area contributed by atoms with Crippen LogP contribution < -0.4 is 5.32 Å². The normalized spacial score (nSPS) is 11.8. The number of aromatic nitrogens is 2. The number of benzene rings is 2. The Hall–Kier alpha value is -4.18. The third-order valence-corrected chi connectivity index (χ3v) is 5.85. The van der Waals surface area contributed by atoms with E-state index >= 15 is 0 Å². The fourth-order valence-electron chi connectivity index (χ4n) is 3.81. The quantitative estimate of drug-likeness (QED) is 0.390. The maximum atomic E-state index is 13.5. The van der Waals surface area contributed by atoms with Crippen molar-refractivity contribution in [3.05, 3.63) is 93.8 Å². The second-order valence-electron chi connectivity index (χ2n) is 8.52. The Morgan fingerprint density at radius 1 is 1.03 bits per heavy atom. The molecule has 3 aromatic rings. The van der Waals surface area contributed by atoms with Crippen molar-refractivity contribution < 1.29 is 29.0 Å². The van der Waals surface area contributed by atoms with Gasteiger partial charge in [-0.15, -0.1) is 0 Å². The van der Waals surface area contributed by atoms with E-state index < -0.39 is 17.8 Å². The molecule has 10 heteroatoms. The number of hydrogen-bond donors (Lipinski definition) is 3. The van der Waals surface area contributed by atoms with Crippen molar-refractivity contribution in [2.24, 2.45) is 0 Å². The smallest absolute Gasteiger partial charge is 0.335 e. The summed E-state index contributed by atoms with van der Waals surface area (Å²) >= 11 is 0. The van der Waals surface area contributed by atoms with E-state index in [9.17, 15) is 29.0 Å². The number of nitrogens with one attached hydrogen (secondary N) is 1. The molecule has 1 heterocycles. The molecule has 9 nitrogen and oxygen atoms in total. The van der Waals surface area contributed by atoms with Gasteiger partial charge in [-0.2, -0.15) is 0 Å². The summed E-state index contributed by atoms with van der Waals surface area (Å²) < 4.78 is 13.5. The van der Waals surface area contributed by atoms with E-state index in [1.165, 1.54) is 24.5 Å². The standard InChI is InChI=1S/C26H27FN4O5/c1-15-9-19(5-6-21(15)26(35)36)17(3)31(13-24(32)33)12-20-10-23(30-14-29-20)25(34)28-11-18-4-7-22(27)16(2)8-18/h4-10,14,17H,11-13H2,1-3H3,(H,28,34)(H,32,33)(H,35,36)/t17-/m0/s1. The lowest BCUT2D eigenvalue weighted by atomic mass is 10.00. The monoisotopic (exact) mass is 494 g/mol. The van der Waals surface area contributed by atoms with Gasteiger partial charge >= 0.3 is 11.9 Å². The number of aromatic carboxylic acids is 1. The number of halogens is 1. The van der Waals surface area contributed by atoms with Crippen molar-refractivity contribution in [1.29, 1.82) is 0 Å². The van der Waals surface area contributed by atoms with Crippen molar-refractivity contribution in [3.8, 4) is 0 Å². The number of carbonyl (C=O) groups excluding carboxylic acids is 1. The minimum Gasteiger partial charge on any atom is -0.480 e. The van der Waals surface area contributed by atoms with E-state index in [0.29, 0.717) is 16.8 Å². The van der Waals surface area contributed by atoms with Crippen molar-refractivity contribution in [2.45, 2.75) is 39.9 Å². The van der Waals surface area contributed by atoms with Crippen molar-refractivity contribution in [3.63, 3.8) is 0 Å². The molecule has 0 fully saturated rings. The molecule has 36 heavy (non-hydrogen) atoms. The van der Waals surface area contributed by atoms with Crippen LogP contribution in [0.3, 0.4) is 0 Å². The molecular weight excluding hydrogens is 467 g/mol. The molecule has 3 N–H and O–H groups in total. The van der Waals surface area contributed by atoms with Crippen LogP contribution >= 0.6 is 0 Å². The first-order valence-corrected chi connectivity index (χ1v) is 11.2. The molecule has 0 saturated heterocycles. The molecule has 1 aromatic heterocycles. The number of carboxylic acids is 2. The molecule has 3 rings (SSSR count). The molecule has 0 aliphatic rings. The summed E-state index contributed by atoms with van der Waals surface area (Å²) in [5, 5.41) is 21.4. The van der Waals surface area contributed by atoms with E-state index in [0.717, 1.165) is 11.1 Å². The average Bonchev–Trinajstić information content (AvgIpc) is 2.83. The molecule has 0 aliphatic carbocycles. The summed E-state index contributed by atoms with van der Waals surface area (Å²) in [6, 6.07) is 10.6. The number of carbonyl (C=O) groups is 3. The van der Waals surface area contributed by atoms with Crippen LogP contribution in [0.4, 0.5) is 4.39 Å². The molecule has 0 radical (unpaired) electrons. The van der Waals surface area contributed by atoms with Gasteiger partial charge in [0.15, 0.2) is 0 Å². The number of carboxylic acid groups (broad SMARTS) is 2. The predicted octanol–water partition coefficient (Wildman–Crippen LogP) is 3.51. The number of rotatable bonds is 10. The van der Waals surface area contributed by atoms with E-state index in [1.54, 1.807) is 43.0 Å². The SMILES string of the molecule is Cc1cc(CNC(=O)c2cc(CN(CC(=O)O)[C@@H](C)c3ccc(C(=O)O)c(C)c3)ncn2)ccc1F. The van der Waals surface area contributed by atoms with Crippen LogP contribution in [0.5, 0.6) is 0 Å². The van der Waals surface area contributed by atoms with Gasteiger partial charge in [0.25, 0.3) is 5.91 Å². The molecule has 1 atom stereocenters. The van der Waals surface area contributed by atoms with Gasteiger partial charge in [0.05, 0.1) is 17.8 Å². The minimum absolute atomic E-state index is 0.114. The highest BCUT2D eigenvalue weighted by Crippen LogP contribution is 2.24. The molecule has 0 spiro atoms. The lowest BCUT2D eigenvalue weighted by Gasteiger charge is -2.28. The highest BCUT2D eigenvalue weighted by Gasteiger charge is 2.21. The van der Waals surface area contributed by atoms with Gasteiger partial charge in [-0.25, -0.2) is 19.2 Å². The zero-order chi connectivity index (χ0) is 26.4. The topological polar surface area (TPSA) is 133 Å². The maximum Gasteiger partial charge on any atom is 0.335 e. The summed E-state index contributed by atoms with van der Waals surface area (Å²) in [4.78, 5) is 45.4. The van der Waals surface area contributed by atoms with Crippen molar-refractivity contribution in [2.75, 3.05) is 6.54 Å². The van der Waals surface area contributed by atoms with Gasteiger partial charge in [-0.3, -0.25) is 14.5 Å². The van der Waals surface area contributed by atoms with Gasteiger partial charge in [-0.1, -0.05) is 24.3 Å². The number of nitrogens with zero attached hydrogens (tertiary/aromatic N) is 3. The predicted molar refractivity (Wildman–Crippen MR) is 129 cm³/mol. The van der Waals surface area contributed by atoms with E-state index in [-0.39, 0.29) is 42.8 Å². The third kappa shape index (κ3) is 6.70. The maximum absolute atomic E-state index is 13.5. The van der Waals surface area contributed by atoms with Crippen molar-refractivity contribution in [1.82, 2.24) is 20.2 Å². The Balaban J connectivity index is 1.75. The molecule has 1 amide bonds. The Morgan fingerprint density at radius 2 is 1.78 bits per heavy atom. The van der Waals surface area contributed by atoms with Gasteiger partial charge in [0.2, 0.25) is 0 Å². The van der Waals surface area contributed by atoms with E-state index in [1.807, 2.05) is 6.92 Å². The summed E-state index contributed by atoms with van der Waals surface area (Å²) in [6.07, 6.45) is 1.24. The highest BCUT2D eigenvalue weighted by atomic mass is 19.1. The number of hydrogen-bond acceptors (Lipinski definition) is 6. The zero-order valence-electron chi connectivity index (χ0n) is 20.2. The first-order chi connectivity index (χ1) is 17.0. The summed E-state index contributed by atoms with van der Waals surface area (Å²) in [6.45, 7) is 5.15. The lowest BCUT2D eigenvalue weighted by Crippen LogP contribution is -2.32. The molecule has 0 aliphatic heterocycles. The summed E-state index contributed by atoms with van der Waals surface area (Å²) in [7, 11) is 0. The Morgan fingerprint density at radius 3 is 2.42 bits per heavy atom. The molecular formula is C26H27FN4O5. The van der Waals surface area contributed by atoms with Gasteiger partial charge in [-0.05, 0) is 61.2 Å². The fourth-order valence-corrected chi connectivity index (χ4v) is 3.81. The highest BCUT2D eigenvalue weighted by molar-refractivity contribution is 5.92. The molecule has 0 saturated carbocycles. The summed E-state index contributed by atoms with van der Waals surface area (Å²) in [5.41, 5.74) is 3.27. The van der Waals surface area contributed by atoms with E-state index in [4.69, 9.17) is 0 Å².